The molecule has 9 nitrogen and oxygen atoms in total. The number of nitriles is 1. The zero-order chi connectivity index (χ0) is 22.1. The van der Waals surface area contributed by atoms with Crippen LogP contribution in [0.2, 0.25) is 0 Å². The van der Waals surface area contributed by atoms with E-state index in [2.05, 4.69) is 26.7 Å². The predicted molar refractivity (Wildman–Crippen MR) is 116 cm³/mol. The molecule has 2 atom stereocenters. The van der Waals surface area contributed by atoms with Crippen molar-refractivity contribution in [1.82, 2.24) is 15.3 Å². The molecule has 0 unspecified atom stereocenters. The smallest absolute Gasteiger partial charge is 0.248 e. The Bertz CT molecular complexity index is 1100. The van der Waals surface area contributed by atoms with E-state index in [9.17, 15) is 14.9 Å². The number of carbonyl (C=O) groups is 2. The molecule has 6 bridgehead atoms. The number of carbonyl (C=O) groups excluding carboxylic acids is 2. The average molecular weight is 432 g/mol. The molecular formula is C23H24N6O3. The minimum Gasteiger partial charge on any atom is -0.371 e. The van der Waals surface area contributed by atoms with Gasteiger partial charge in [-0.15, -0.1) is 0 Å². The third kappa shape index (κ3) is 3.67. The van der Waals surface area contributed by atoms with Gasteiger partial charge in [0.05, 0.1) is 12.7 Å². The van der Waals surface area contributed by atoms with Crippen LogP contribution in [0.1, 0.15) is 18.5 Å². The quantitative estimate of drug-likeness (QED) is 0.705. The number of rotatable bonds is 1. The zero-order valence-corrected chi connectivity index (χ0v) is 17.6. The van der Waals surface area contributed by atoms with Gasteiger partial charge in [0.1, 0.15) is 23.7 Å². The first-order valence-corrected chi connectivity index (χ1v) is 10.9. The standard InChI is InChI=1S/C23H24N6O3/c24-14-23(15-4-5-15)16-11-29(22(23)31)18-7-9-25-20(10-18)28-19-3-1-2-17(27-19)6-8-26-21(30)13-32-12-16/h1-3,7,9-10,15-16H,4-6,8,11-13H2,(H,26,30)(H,25,27,28)/t16-,23+/m0/s1. The predicted octanol–water partition coefficient (Wildman–Crippen LogP) is 1.79. The van der Waals surface area contributed by atoms with E-state index < -0.39 is 5.41 Å². The lowest BCUT2D eigenvalue weighted by Crippen LogP contribution is -2.39. The summed E-state index contributed by atoms with van der Waals surface area (Å²) in [6, 6.07) is 11.5. The summed E-state index contributed by atoms with van der Waals surface area (Å²) in [4.78, 5) is 36.3. The molecule has 1 saturated carbocycles. The van der Waals surface area contributed by atoms with Crippen molar-refractivity contribution in [3.05, 3.63) is 42.2 Å². The summed E-state index contributed by atoms with van der Waals surface area (Å²) < 4.78 is 5.70. The number of hydrogen-bond donors (Lipinski definition) is 2. The molecule has 0 spiro atoms. The van der Waals surface area contributed by atoms with Gasteiger partial charge >= 0.3 is 0 Å². The normalized spacial score (nSPS) is 26.0. The summed E-state index contributed by atoms with van der Waals surface area (Å²) >= 11 is 0. The highest BCUT2D eigenvalue weighted by atomic mass is 16.5. The molecule has 164 valence electrons. The lowest BCUT2D eigenvalue weighted by atomic mass is 9.75. The second-order valence-corrected chi connectivity index (χ2v) is 8.52. The number of aromatic nitrogens is 2. The Morgan fingerprint density at radius 1 is 1.19 bits per heavy atom. The van der Waals surface area contributed by atoms with Crippen molar-refractivity contribution in [2.45, 2.75) is 19.3 Å². The van der Waals surface area contributed by atoms with Gasteiger partial charge in [0, 0.05) is 49.1 Å². The van der Waals surface area contributed by atoms with Crippen LogP contribution >= 0.6 is 0 Å². The highest BCUT2D eigenvalue weighted by Gasteiger charge is 2.62. The number of pyridine rings is 2. The van der Waals surface area contributed by atoms with Gasteiger partial charge in [-0.1, -0.05) is 6.07 Å². The Labute approximate surface area is 185 Å². The van der Waals surface area contributed by atoms with Crippen molar-refractivity contribution in [2.75, 3.05) is 36.5 Å². The maximum Gasteiger partial charge on any atom is 0.248 e. The van der Waals surface area contributed by atoms with Crippen molar-refractivity contribution in [3.8, 4) is 6.07 Å². The minimum atomic E-state index is -1.12. The second-order valence-electron chi connectivity index (χ2n) is 8.52. The zero-order valence-electron chi connectivity index (χ0n) is 17.6. The number of fused-ring (bicyclic) bond motifs is 7. The van der Waals surface area contributed by atoms with E-state index in [1.54, 1.807) is 23.2 Å². The van der Waals surface area contributed by atoms with Crippen molar-refractivity contribution >= 4 is 29.1 Å². The SMILES string of the molecule is N#C[C@]1(C2CC2)C(=O)N2C[C@H]1COCC(=O)NCCc1cccc(n1)Nc1cc2ccn1. The number of ether oxygens (including phenoxy) is 1. The first-order chi connectivity index (χ1) is 15.6. The second kappa shape index (κ2) is 8.20. The summed E-state index contributed by atoms with van der Waals surface area (Å²) in [5.41, 5.74) is 0.390. The van der Waals surface area contributed by atoms with E-state index in [1.807, 2.05) is 18.2 Å². The monoisotopic (exact) mass is 432 g/mol. The topological polar surface area (TPSA) is 120 Å². The summed E-state index contributed by atoms with van der Waals surface area (Å²) in [6.45, 7) is 0.873. The molecule has 0 aromatic carbocycles. The molecule has 2 aromatic heterocycles. The van der Waals surface area contributed by atoms with Gasteiger partial charge in [0.25, 0.3) is 0 Å². The number of nitrogens with one attached hydrogen (secondary N) is 2. The van der Waals surface area contributed by atoms with Crippen molar-refractivity contribution < 1.29 is 14.3 Å². The lowest BCUT2D eigenvalue weighted by molar-refractivity contribution is -0.127. The maximum absolute atomic E-state index is 13.5. The molecule has 3 aliphatic rings. The van der Waals surface area contributed by atoms with Crippen molar-refractivity contribution in [3.63, 3.8) is 0 Å². The number of amides is 2. The average Bonchev–Trinajstić information content (AvgIpc) is 3.59. The first-order valence-electron chi connectivity index (χ1n) is 10.9. The van der Waals surface area contributed by atoms with Gasteiger partial charge in [0.2, 0.25) is 11.8 Å². The van der Waals surface area contributed by atoms with E-state index in [4.69, 9.17) is 4.74 Å². The highest BCUT2D eigenvalue weighted by molar-refractivity contribution is 6.03. The fourth-order valence-corrected chi connectivity index (χ4v) is 4.68. The molecule has 2 aromatic rings. The lowest BCUT2D eigenvalue weighted by Gasteiger charge is -2.25. The van der Waals surface area contributed by atoms with E-state index in [0.29, 0.717) is 36.8 Å². The third-order valence-electron chi connectivity index (χ3n) is 6.43. The maximum atomic E-state index is 13.5. The molecular weight excluding hydrogens is 408 g/mol. The number of hydrogen-bond acceptors (Lipinski definition) is 7. The molecule has 4 heterocycles. The van der Waals surface area contributed by atoms with E-state index in [-0.39, 0.29) is 36.9 Å². The molecule has 0 radical (unpaired) electrons. The van der Waals surface area contributed by atoms with Crippen LogP contribution in [0.5, 0.6) is 0 Å². The Morgan fingerprint density at radius 2 is 2.06 bits per heavy atom. The Kier molecular flexibility index (Phi) is 5.23. The fraction of sp³-hybridized carbons (Fsp3) is 0.435. The molecule has 1 saturated heterocycles. The van der Waals surface area contributed by atoms with Crippen LogP contribution < -0.4 is 15.5 Å². The molecule has 5 rings (SSSR count). The number of anilines is 3. The van der Waals surface area contributed by atoms with Crippen LogP contribution in [-0.2, 0) is 20.7 Å². The Balaban J connectivity index is 1.51. The van der Waals surface area contributed by atoms with Gasteiger partial charge in [-0.2, -0.15) is 5.26 Å². The van der Waals surface area contributed by atoms with E-state index in [1.165, 1.54) is 0 Å². The molecule has 2 aliphatic heterocycles. The molecule has 2 fully saturated rings. The van der Waals surface area contributed by atoms with Crippen LogP contribution in [0.25, 0.3) is 0 Å². The van der Waals surface area contributed by atoms with Gasteiger partial charge in [-0.25, -0.2) is 9.97 Å². The molecule has 1 aliphatic carbocycles. The van der Waals surface area contributed by atoms with E-state index in [0.717, 1.165) is 18.5 Å². The fourth-order valence-electron chi connectivity index (χ4n) is 4.68. The van der Waals surface area contributed by atoms with Crippen LogP contribution in [-0.4, -0.2) is 48.1 Å². The Hall–Kier alpha value is -3.51. The first kappa shape index (κ1) is 20.4. The van der Waals surface area contributed by atoms with Gasteiger partial charge in [-0.05, 0) is 37.0 Å². The molecule has 2 amide bonds. The van der Waals surface area contributed by atoms with Gasteiger partial charge in [0.15, 0.2) is 0 Å². The van der Waals surface area contributed by atoms with Crippen molar-refractivity contribution in [2.24, 2.45) is 17.3 Å². The molecule has 2 N–H and O–H groups in total. The summed E-state index contributed by atoms with van der Waals surface area (Å²) in [6.07, 6.45) is 3.93. The van der Waals surface area contributed by atoms with Crippen LogP contribution in [0.3, 0.4) is 0 Å². The summed E-state index contributed by atoms with van der Waals surface area (Å²) in [5, 5.41) is 16.1. The third-order valence-corrected chi connectivity index (χ3v) is 6.43. The highest BCUT2D eigenvalue weighted by Crippen LogP contribution is 2.54. The van der Waals surface area contributed by atoms with Crippen molar-refractivity contribution in [1.29, 1.82) is 5.26 Å². The molecule has 9 heteroatoms. The number of nitrogens with zero attached hydrogens (tertiary/aromatic N) is 4. The summed E-state index contributed by atoms with van der Waals surface area (Å²) in [5.74, 6) is 0.488. The minimum absolute atomic E-state index is 0.0318. The van der Waals surface area contributed by atoms with Gasteiger partial charge in [-0.3, -0.25) is 9.59 Å². The van der Waals surface area contributed by atoms with Gasteiger partial charge < -0.3 is 20.3 Å². The van der Waals surface area contributed by atoms with Crippen LogP contribution in [0.4, 0.5) is 17.3 Å². The Morgan fingerprint density at radius 3 is 2.88 bits per heavy atom. The van der Waals surface area contributed by atoms with Crippen LogP contribution in [0.15, 0.2) is 36.5 Å². The van der Waals surface area contributed by atoms with E-state index >= 15 is 0 Å². The van der Waals surface area contributed by atoms with Crippen LogP contribution in [0, 0.1) is 28.6 Å². The summed E-state index contributed by atoms with van der Waals surface area (Å²) in [7, 11) is 0. The molecule has 32 heavy (non-hydrogen) atoms. The largest absolute Gasteiger partial charge is 0.371 e.